The maximum absolute atomic E-state index is 13.4. The van der Waals surface area contributed by atoms with Crippen molar-refractivity contribution in [2.75, 3.05) is 5.75 Å². The summed E-state index contributed by atoms with van der Waals surface area (Å²) in [6.07, 6.45) is 5.65. The van der Waals surface area contributed by atoms with Gasteiger partial charge in [0.05, 0.1) is 0 Å². The first-order chi connectivity index (χ1) is 8.99. The fraction of sp³-hybridized carbons (Fsp3) is 0.143. The molecule has 0 radical (unpaired) electrons. The van der Waals surface area contributed by atoms with Crippen LogP contribution in [0.25, 0.3) is 12.2 Å². The first-order valence-electron chi connectivity index (χ1n) is 5.49. The van der Waals surface area contributed by atoms with Crippen molar-refractivity contribution >= 4 is 35.0 Å². The standard InChI is InChI=1S/C14H13FO3S/c1-10(16)19-8-2-3-11-4-6-13(15)12(9-11)5-7-14(17)18/h2-7,9H,8H2,1H3,(H,17,18)/b3-2?,7-5+. The second-order valence-electron chi connectivity index (χ2n) is 3.66. The molecular weight excluding hydrogens is 267 g/mol. The van der Waals surface area contributed by atoms with Gasteiger partial charge in [0.15, 0.2) is 5.12 Å². The molecule has 0 aliphatic carbocycles. The van der Waals surface area contributed by atoms with Gasteiger partial charge in [0.2, 0.25) is 0 Å². The normalized spacial score (nSPS) is 11.3. The molecule has 5 heteroatoms. The molecule has 0 amide bonds. The van der Waals surface area contributed by atoms with Gasteiger partial charge in [0, 0.05) is 24.3 Å². The van der Waals surface area contributed by atoms with Gasteiger partial charge >= 0.3 is 5.97 Å². The Balaban J connectivity index is 2.78. The number of hydrogen-bond acceptors (Lipinski definition) is 3. The second-order valence-corrected chi connectivity index (χ2v) is 4.85. The number of rotatable bonds is 5. The molecule has 0 bridgehead atoms. The minimum absolute atomic E-state index is 0.0360. The Morgan fingerprint density at radius 3 is 2.74 bits per heavy atom. The average Bonchev–Trinajstić information content (AvgIpc) is 2.34. The molecule has 1 aromatic carbocycles. The van der Waals surface area contributed by atoms with Gasteiger partial charge in [-0.2, -0.15) is 0 Å². The lowest BCUT2D eigenvalue weighted by atomic mass is 10.1. The van der Waals surface area contributed by atoms with E-state index in [0.29, 0.717) is 5.75 Å². The largest absolute Gasteiger partial charge is 0.478 e. The van der Waals surface area contributed by atoms with E-state index in [-0.39, 0.29) is 10.7 Å². The molecule has 0 aromatic heterocycles. The lowest BCUT2D eigenvalue weighted by Crippen LogP contribution is -1.88. The first kappa shape index (κ1) is 15.2. The minimum atomic E-state index is -1.13. The summed E-state index contributed by atoms with van der Waals surface area (Å²) in [6.45, 7) is 1.49. The van der Waals surface area contributed by atoms with Crippen molar-refractivity contribution in [3.63, 3.8) is 0 Å². The van der Waals surface area contributed by atoms with Gasteiger partial charge in [0.1, 0.15) is 5.82 Å². The highest BCUT2D eigenvalue weighted by atomic mass is 32.2. The van der Waals surface area contributed by atoms with Gasteiger partial charge in [-0.15, -0.1) is 0 Å². The van der Waals surface area contributed by atoms with Crippen molar-refractivity contribution in [1.82, 2.24) is 0 Å². The molecular formula is C14H13FO3S. The summed E-state index contributed by atoms with van der Waals surface area (Å²) < 4.78 is 13.4. The van der Waals surface area contributed by atoms with Crippen LogP contribution in [0.5, 0.6) is 0 Å². The molecule has 1 aromatic rings. The predicted molar refractivity (Wildman–Crippen MR) is 75.2 cm³/mol. The smallest absolute Gasteiger partial charge is 0.328 e. The van der Waals surface area contributed by atoms with Gasteiger partial charge in [-0.3, -0.25) is 4.79 Å². The van der Waals surface area contributed by atoms with Crippen molar-refractivity contribution in [1.29, 1.82) is 0 Å². The van der Waals surface area contributed by atoms with Crippen LogP contribution in [0.15, 0.2) is 30.4 Å². The van der Waals surface area contributed by atoms with Gasteiger partial charge in [-0.1, -0.05) is 30.0 Å². The third-order valence-electron chi connectivity index (χ3n) is 2.12. The molecule has 100 valence electrons. The Morgan fingerprint density at radius 1 is 1.37 bits per heavy atom. The molecule has 0 atom stereocenters. The monoisotopic (exact) mass is 280 g/mol. The first-order valence-corrected chi connectivity index (χ1v) is 6.48. The topological polar surface area (TPSA) is 54.4 Å². The van der Waals surface area contributed by atoms with E-state index in [1.807, 2.05) is 0 Å². The van der Waals surface area contributed by atoms with Crippen molar-refractivity contribution in [2.24, 2.45) is 0 Å². The van der Waals surface area contributed by atoms with Gasteiger partial charge in [-0.05, 0) is 23.8 Å². The summed E-state index contributed by atoms with van der Waals surface area (Å²) in [5.41, 5.74) is 0.958. The van der Waals surface area contributed by atoms with Crippen molar-refractivity contribution < 1.29 is 19.1 Å². The zero-order valence-corrected chi connectivity index (χ0v) is 11.1. The molecule has 0 fully saturated rings. The number of carbonyl (C=O) groups excluding carboxylic acids is 1. The van der Waals surface area contributed by atoms with E-state index in [9.17, 15) is 14.0 Å². The van der Waals surface area contributed by atoms with Crippen molar-refractivity contribution in [2.45, 2.75) is 6.92 Å². The molecule has 0 saturated carbocycles. The summed E-state index contributed by atoms with van der Waals surface area (Å²) >= 11 is 1.18. The molecule has 0 unspecified atom stereocenters. The Kier molecular flexibility index (Phi) is 6.02. The Hall–Kier alpha value is -1.88. The van der Waals surface area contributed by atoms with Crippen LogP contribution in [0, 0.1) is 5.82 Å². The SMILES string of the molecule is CC(=O)SCC=Cc1ccc(F)c(/C=C/C(=O)O)c1. The fourth-order valence-corrected chi connectivity index (χ4v) is 1.73. The fourth-order valence-electron chi connectivity index (χ4n) is 1.30. The Bertz CT molecular complexity index is 535. The van der Waals surface area contributed by atoms with Crippen LogP contribution in [0.3, 0.4) is 0 Å². The summed E-state index contributed by atoms with van der Waals surface area (Å²) in [4.78, 5) is 21.1. The van der Waals surface area contributed by atoms with Crippen LogP contribution in [0.1, 0.15) is 18.1 Å². The van der Waals surface area contributed by atoms with E-state index in [4.69, 9.17) is 5.11 Å². The molecule has 1 rings (SSSR count). The number of halogens is 1. The number of thioether (sulfide) groups is 1. The van der Waals surface area contributed by atoms with Crippen molar-refractivity contribution in [3.05, 3.63) is 47.3 Å². The maximum Gasteiger partial charge on any atom is 0.328 e. The van der Waals surface area contributed by atoms with Crippen LogP contribution in [0.2, 0.25) is 0 Å². The number of hydrogen-bond donors (Lipinski definition) is 1. The third-order valence-corrected chi connectivity index (χ3v) is 2.88. The summed E-state index contributed by atoms with van der Waals surface area (Å²) in [5, 5.41) is 8.54. The van der Waals surface area contributed by atoms with Gasteiger partial charge < -0.3 is 5.11 Å². The van der Waals surface area contributed by atoms with E-state index in [1.54, 1.807) is 24.3 Å². The third kappa shape index (κ3) is 6.01. The van der Waals surface area contributed by atoms with Crippen LogP contribution in [0.4, 0.5) is 4.39 Å². The van der Waals surface area contributed by atoms with E-state index in [2.05, 4.69) is 0 Å². The molecule has 3 nitrogen and oxygen atoms in total. The molecule has 0 heterocycles. The van der Waals surface area contributed by atoms with Crippen LogP contribution in [-0.2, 0) is 9.59 Å². The van der Waals surface area contributed by atoms with Crippen LogP contribution in [-0.4, -0.2) is 21.9 Å². The summed E-state index contributed by atoms with van der Waals surface area (Å²) in [7, 11) is 0. The summed E-state index contributed by atoms with van der Waals surface area (Å²) in [6, 6.07) is 4.41. The average molecular weight is 280 g/mol. The highest BCUT2D eigenvalue weighted by Gasteiger charge is 2.00. The lowest BCUT2D eigenvalue weighted by molar-refractivity contribution is -0.131. The quantitative estimate of drug-likeness (QED) is 0.841. The van der Waals surface area contributed by atoms with Gasteiger partial charge in [0.25, 0.3) is 0 Å². The summed E-state index contributed by atoms with van der Waals surface area (Å²) in [5.74, 6) is -1.06. The second kappa shape index (κ2) is 7.53. The molecule has 0 aliphatic rings. The molecule has 1 N–H and O–H groups in total. The zero-order chi connectivity index (χ0) is 14.3. The van der Waals surface area contributed by atoms with Crippen molar-refractivity contribution in [3.8, 4) is 0 Å². The predicted octanol–water partition coefficient (Wildman–Crippen LogP) is 3.22. The number of carbonyl (C=O) groups is 2. The Labute approximate surface area is 114 Å². The zero-order valence-electron chi connectivity index (χ0n) is 10.3. The highest BCUT2D eigenvalue weighted by molar-refractivity contribution is 8.13. The van der Waals surface area contributed by atoms with Crippen LogP contribution >= 0.6 is 11.8 Å². The van der Waals surface area contributed by atoms with E-state index < -0.39 is 11.8 Å². The lowest BCUT2D eigenvalue weighted by Gasteiger charge is -1.99. The van der Waals surface area contributed by atoms with Gasteiger partial charge in [-0.25, -0.2) is 9.18 Å². The number of benzene rings is 1. The number of carboxylic acids is 1. The molecule has 0 aliphatic heterocycles. The highest BCUT2D eigenvalue weighted by Crippen LogP contribution is 2.14. The van der Waals surface area contributed by atoms with E-state index in [0.717, 1.165) is 11.6 Å². The van der Waals surface area contributed by atoms with E-state index in [1.165, 1.54) is 30.8 Å². The molecule has 0 spiro atoms. The molecule has 0 saturated heterocycles. The number of aliphatic carboxylic acids is 1. The Morgan fingerprint density at radius 2 is 2.11 bits per heavy atom. The molecule has 19 heavy (non-hydrogen) atoms. The van der Waals surface area contributed by atoms with Crippen LogP contribution < -0.4 is 0 Å². The minimum Gasteiger partial charge on any atom is -0.478 e. The maximum atomic E-state index is 13.4. The number of carboxylic acid groups (broad SMARTS) is 1. The van der Waals surface area contributed by atoms with E-state index >= 15 is 0 Å².